The first-order valence-corrected chi connectivity index (χ1v) is 9.70. The topological polar surface area (TPSA) is 59.9 Å². The van der Waals surface area contributed by atoms with Crippen LogP contribution in [0.15, 0.2) is 35.3 Å². The van der Waals surface area contributed by atoms with Gasteiger partial charge in [-0.05, 0) is 44.6 Å². The van der Waals surface area contributed by atoms with Gasteiger partial charge >= 0.3 is 0 Å². The van der Waals surface area contributed by atoms with Gasteiger partial charge in [0.05, 0.1) is 12.1 Å². The number of hydrogen-bond acceptors (Lipinski definition) is 3. The number of likely N-dealkylation sites (tertiary alicyclic amines) is 1. The first kappa shape index (κ1) is 21.4. The van der Waals surface area contributed by atoms with E-state index < -0.39 is 5.60 Å². The van der Waals surface area contributed by atoms with Crippen LogP contribution in [-0.4, -0.2) is 53.8 Å². The molecule has 1 aliphatic heterocycles. The zero-order chi connectivity index (χ0) is 17.5. The van der Waals surface area contributed by atoms with Crippen LogP contribution >= 0.6 is 24.0 Å². The fraction of sp³-hybridized carbons (Fsp3) is 0.650. The number of aliphatic hydroxyl groups is 1. The number of rotatable bonds is 6. The van der Waals surface area contributed by atoms with Crippen LogP contribution in [0, 0.1) is 0 Å². The summed E-state index contributed by atoms with van der Waals surface area (Å²) in [4.78, 5) is 7.14. The van der Waals surface area contributed by atoms with Gasteiger partial charge in [0.15, 0.2) is 5.96 Å². The molecule has 3 rings (SSSR count). The van der Waals surface area contributed by atoms with E-state index in [0.29, 0.717) is 12.6 Å². The second-order valence-corrected chi connectivity index (χ2v) is 7.45. The van der Waals surface area contributed by atoms with Crippen molar-refractivity contribution < 1.29 is 5.11 Å². The van der Waals surface area contributed by atoms with Gasteiger partial charge in [0.1, 0.15) is 0 Å². The number of nitrogens with zero attached hydrogens (tertiary/aromatic N) is 2. The molecule has 146 valence electrons. The van der Waals surface area contributed by atoms with Crippen LogP contribution in [-0.2, 0) is 6.54 Å². The molecule has 0 amide bonds. The van der Waals surface area contributed by atoms with Gasteiger partial charge in [0.25, 0.3) is 0 Å². The maximum absolute atomic E-state index is 10.2. The molecule has 2 aliphatic rings. The van der Waals surface area contributed by atoms with Crippen molar-refractivity contribution in [1.82, 2.24) is 15.5 Å². The van der Waals surface area contributed by atoms with Crippen LogP contribution in [0.25, 0.3) is 0 Å². The van der Waals surface area contributed by atoms with Gasteiger partial charge in [-0.25, -0.2) is 0 Å². The van der Waals surface area contributed by atoms with Crippen LogP contribution in [0.1, 0.15) is 44.6 Å². The molecule has 26 heavy (non-hydrogen) atoms. The summed E-state index contributed by atoms with van der Waals surface area (Å²) < 4.78 is 0. The molecule has 0 radical (unpaired) electrons. The number of guanidine groups is 1. The average Bonchev–Trinajstić information content (AvgIpc) is 2.61. The summed E-state index contributed by atoms with van der Waals surface area (Å²) in [5.41, 5.74) is 0.832. The fourth-order valence-electron chi connectivity index (χ4n) is 3.56. The lowest BCUT2D eigenvalue weighted by Crippen LogP contribution is -2.49. The Hall–Kier alpha value is -0.860. The first-order chi connectivity index (χ1) is 12.2. The SMILES string of the molecule is CCNC(=NCC1(O)CCC1)NC1CCN(Cc2ccccc2)CC1.I. The van der Waals surface area contributed by atoms with Crippen molar-refractivity contribution in [2.45, 2.75) is 57.2 Å². The normalized spacial score (nSPS) is 20.8. The molecule has 2 fully saturated rings. The highest BCUT2D eigenvalue weighted by atomic mass is 127. The van der Waals surface area contributed by atoms with E-state index in [9.17, 15) is 5.11 Å². The van der Waals surface area contributed by atoms with E-state index in [1.165, 1.54) is 5.56 Å². The third kappa shape index (κ3) is 6.39. The molecule has 0 aromatic heterocycles. The molecule has 0 spiro atoms. The van der Waals surface area contributed by atoms with Crippen molar-refractivity contribution in [3.63, 3.8) is 0 Å². The highest BCUT2D eigenvalue weighted by molar-refractivity contribution is 14.0. The predicted molar refractivity (Wildman–Crippen MR) is 118 cm³/mol. The molecule has 1 aliphatic carbocycles. The van der Waals surface area contributed by atoms with Crippen molar-refractivity contribution in [2.24, 2.45) is 4.99 Å². The number of piperidine rings is 1. The van der Waals surface area contributed by atoms with Gasteiger partial charge in [-0.2, -0.15) is 0 Å². The average molecular weight is 472 g/mol. The van der Waals surface area contributed by atoms with E-state index in [1.54, 1.807) is 0 Å². The van der Waals surface area contributed by atoms with E-state index in [-0.39, 0.29) is 24.0 Å². The predicted octanol–water partition coefficient (Wildman–Crippen LogP) is 2.74. The minimum Gasteiger partial charge on any atom is -0.388 e. The fourth-order valence-corrected chi connectivity index (χ4v) is 3.56. The monoisotopic (exact) mass is 472 g/mol. The Morgan fingerprint density at radius 2 is 1.92 bits per heavy atom. The summed E-state index contributed by atoms with van der Waals surface area (Å²) in [6, 6.07) is 11.1. The van der Waals surface area contributed by atoms with Crippen molar-refractivity contribution >= 4 is 29.9 Å². The minimum atomic E-state index is -0.554. The smallest absolute Gasteiger partial charge is 0.191 e. The molecule has 1 saturated carbocycles. The Balaban J connectivity index is 0.00000243. The largest absolute Gasteiger partial charge is 0.388 e. The van der Waals surface area contributed by atoms with E-state index in [1.807, 2.05) is 0 Å². The van der Waals surface area contributed by atoms with Crippen molar-refractivity contribution in [1.29, 1.82) is 0 Å². The third-order valence-electron chi connectivity index (χ3n) is 5.34. The lowest BCUT2D eigenvalue weighted by molar-refractivity contribution is -0.0236. The second kappa shape index (κ2) is 10.5. The second-order valence-electron chi connectivity index (χ2n) is 7.45. The molecule has 1 aromatic carbocycles. The van der Waals surface area contributed by atoms with Crippen LogP contribution in [0.5, 0.6) is 0 Å². The minimum absolute atomic E-state index is 0. The molecule has 6 heteroatoms. The highest BCUT2D eigenvalue weighted by Gasteiger charge is 2.34. The molecule has 5 nitrogen and oxygen atoms in total. The maximum Gasteiger partial charge on any atom is 0.191 e. The van der Waals surface area contributed by atoms with Crippen LogP contribution in [0.2, 0.25) is 0 Å². The molecule has 1 heterocycles. The Bertz CT molecular complexity index is 554. The molecule has 0 bridgehead atoms. The first-order valence-electron chi connectivity index (χ1n) is 9.70. The van der Waals surface area contributed by atoms with E-state index in [2.05, 4.69) is 57.8 Å². The van der Waals surface area contributed by atoms with Crippen LogP contribution in [0.4, 0.5) is 0 Å². The van der Waals surface area contributed by atoms with Gasteiger partial charge in [-0.1, -0.05) is 30.3 Å². The molecular weight excluding hydrogens is 439 g/mol. The Morgan fingerprint density at radius 1 is 1.23 bits per heavy atom. The van der Waals surface area contributed by atoms with E-state index >= 15 is 0 Å². The molecule has 1 saturated heterocycles. The van der Waals surface area contributed by atoms with Crippen molar-refractivity contribution in [3.8, 4) is 0 Å². The number of halogens is 1. The number of benzene rings is 1. The third-order valence-corrected chi connectivity index (χ3v) is 5.34. The van der Waals surface area contributed by atoms with Gasteiger partial charge in [-0.15, -0.1) is 24.0 Å². The summed E-state index contributed by atoms with van der Waals surface area (Å²) in [7, 11) is 0. The van der Waals surface area contributed by atoms with E-state index in [0.717, 1.165) is 64.2 Å². The van der Waals surface area contributed by atoms with E-state index in [4.69, 9.17) is 0 Å². The summed E-state index contributed by atoms with van der Waals surface area (Å²) in [5.74, 6) is 0.851. The lowest BCUT2D eigenvalue weighted by Gasteiger charge is -2.36. The van der Waals surface area contributed by atoms with Gasteiger partial charge in [0, 0.05) is 32.2 Å². The number of hydrogen-bond donors (Lipinski definition) is 3. The Morgan fingerprint density at radius 3 is 2.50 bits per heavy atom. The van der Waals surface area contributed by atoms with Crippen LogP contribution in [0.3, 0.4) is 0 Å². The van der Waals surface area contributed by atoms with Crippen molar-refractivity contribution in [3.05, 3.63) is 35.9 Å². The molecule has 3 N–H and O–H groups in total. The number of aliphatic imine (C=N–C) groups is 1. The zero-order valence-electron chi connectivity index (χ0n) is 15.8. The van der Waals surface area contributed by atoms with Crippen LogP contribution < -0.4 is 10.6 Å². The summed E-state index contributed by atoms with van der Waals surface area (Å²) in [6.45, 7) is 6.69. The lowest BCUT2D eigenvalue weighted by atomic mass is 9.80. The Kier molecular flexibility index (Phi) is 8.63. The van der Waals surface area contributed by atoms with Gasteiger partial charge in [0.2, 0.25) is 0 Å². The maximum atomic E-state index is 10.2. The molecule has 1 aromatic rings. The quantitative estimate of drug-likeness (QED) is 0.339. The summed E-state index contributed by atoms with van der Waals surface area (Å²) in [5, 5.41) is 17.1. The molecule has 0 unspecified atom stereocenters. The number of nitrogens with one attached hydrogen (secondary N) is 2. The summed E-state index contributed by atoms with van der Waals surface area (Å²) >= 11 is 0. The Labute approximate surface area is 174 Å². The van der Waals surface area contributed by atoms with Gasteiger partial charge < -0.3 is 15.7 Å². The summed E-state index contributed by atoms with van der Waals surface area (Å²) in [6.07, 6.45) is 5.14. The standard InChI is InChI=1S/C20H32N4O.HI/c1-2-21-19(22-16-20(25)11-6-12-20)23-18-9-13-24(14-10-18)15-17-7-4-3-5-8-17;/h3-5,7-8,18,25H,2,6,9-16H2,1H3,(H2,21,22,23);1H. The molecular formula is C20H33IN4O. The van der Waals surface area contributed by atoms with Crippen molar-refractivity contribution in [2.75, 3.05) is 26.2 Å². The van der Waals surface area contributed by atoms with Gasteiger partial charge in [-0.3, -0.25) is 9.89 Å². The molecule has 0 atom stereocenters. The zero-order valence-corrected chi connectivity index (χ0v) is 18.1. The highest BCUT2D eigenvalue weighted by Crippen LogP contribution is 2.31.